The van der Waals surface area contributed by atoms with Crippen LogP contribution in [0.1, 0.15) is 111 Å². The van der Waals surface area contributed by atoms with Crippen molar-refractivity contribution >= 4 is 28.9 Å². The monoisotopic (exact) mass is 637 g/mol. The van der Waals surface area contributed by atoms with Crippen LogP contribution in [-0.4, -0.2) is 78.8 Å². The molecule has 0 spiro atoms. The minimum atomic E-state index is -0.111. The lowest BCUT2D eigenvalue weighted by Crippen LogP contribution is -2.61. The van der Waals surface area contributed by atoms with Gasteiger partial charge in [0.05, 0.1) is 20.1 Å². The van der Waals surface area contributed by atoms with Crippen LogP contribution in [-0.2, 0) is 19.1 Å². The molecule has 10 atom stereocenters. The molecule has 0 aromatic carbocycles. The Kier molecular flexibility index (Phi) is 9.32. The van der Waals surface area contributed by atoms with Gasteiger partial charge in [-0.2, -0.15) is 0 Å². The highest BCUT2D eigenvalue weighted by Crippen LogP contribution is 2.67. The van der Waals surface area contributed by atoms with E-state index in [-0.39, 0.29) is 46.5 Å². The van der Waals surface area contributed by atoms with Crippen LogP contribution in [0.2, 0.25) is 0 Å². The van der Waals surface area contributed by atoms with Crippen LogP contribution in [0, 0.1) is 34.5 Å². The number of quaternary nitrogens is 1. The molecular weight excluding hydrogens is 580 g/mol. The second kappa shape index (κ2) is 12.0. The van der Waals surface area contributed by atoms with E-state index in [4.69, 9.17) is 9.47 Å². The molecule has 2 heterocycles. The van der Waals surface area contributed by atoms with Crippen molar-refractivity contribution in [2.45, 2.75) is 135 Å². The lowest BCUT2D eigenvalue weighted by atomic mass is 9.44. The third-order valence-corrected chi connectivity index (χ3v) is 13.7. The van der Waals surface area contributed by atoms with Crippen molar-refractivity contribution in [3.8, 4) is 0 Å². The van der Waals surface area contributed by atoms with E-state index in [1.807, 2.05) is 0 Å². The Morgan fingerprint density at radius 1 is 0.805 bits per heavy atom. The fraction of sp³-hybridized carbons (Fsp3) is 0.941. The minimum absolute atomic E-state index is 0. The molecule has 41 heavy (non-hydrogen) atoms. The van der Waals surface area contributed by atoms with Gasteiger partial charge in [-0.15, -0.1) is 17.0 Å². The van der Waals surface area contributed by atoms with Gasteiger partial charge >= 0.3 is 11.9 Å². The number of likely N-dealkylation sites (tertiary alicyclic amines) is 2. The minimum Gasteiger partial charge on any atom is -0.461 e. The Balaban J connectivity index is 0.00000337. The average molecular weight is 639 g/mol. The van der Waals surface area contributed by atoms with E-state index in [0.717, 1.165) is 29.9 Å². The maximum atomic E-state index is 12.5. The second-order valence-electron chi connectivity index (χ2n) is 15.8. The smallest absolute Gasteiger partial charge is 0.303 e. The van der Waals surface area contributed by atoms with Gasteiger partial charge in [-0.05, 0) is 113 Å². The highest BCUT2D eigenvalue weighted by molar-refractivity contribution is 8.93. The number of nitrogens with zero attached hydrogens (tertiary/aromatic N) is 2. The van der Waals surface area contributed by atoms with Crippen LogP contribution in [0.3, 0.4) is 0 Å². The number of hydrogen-bond acceptors (Lipinski definition) is 5. The van der Waals surface area contributed by atoms with E-state index in [2.05, 4.69) is 25.8 Å². The first-order valence-electron chi connectivity index (χ1n) is 17.0. The van der Waals surface area contributed by atoms with Crippen LogP contribution in [0.5, 0.6) is 0 Å². The fourth-order valence-corrected chi connectivity index (χ4v) is 11.7. The van der Waals surface area contributed by atoms with Crippen molar-refractivity contribution in [3.63, 3.8) is 0 Å². The molecule has 0 N–H and O–H groups in total. The van der Waals surface area contributed by atoms with E-state index in [9.17, 15) is 9.59 Å². The summed E-state index contributed by atoms with van der Waals surface area (Å²) in [6.45, 7) is 13.1. The summed E-state index contributed by atoms with van der Waals surface area (Å²) in [5, 5.41) is 0. The highest BCUT2D eigenvalue weighted by Gasteiger charge is 2.67. The second-order valence-corrected chi connectivity index (χ2v) is 15.8. The zero-order valence-electron chi connectivity index (χ0n) is 26.6. The largest absolute Gasteiger partial charge is 0.461 e. The molecule has 6 fully saturated rings. The first kappa shape index (κ1) is 31.8. The van der Waals surface area contributed by atoms with Crippen molar-refractivity contribution < 1.29 is 23.5 Å². The lowest BCUT2D eigenvalue weighted by Gasteiger charge is -2.62. The Morgan fingerprint density at radius 3 is 2.12 bits per heavy atom. The summed E-state index contributed by atoms with van der Waals surface area (Å²) in [6, 6.07) is 0.796. The van der Waals surface area contributed by atoms with Gasteiger partial charge in [0, 0.05) is 31.7 Å². The molecule has 0 bridgehead atoms. The molecule has 4 saturated carbocycles. The van der Waals surface area contributed by atoms with Gasteiger partial charge < -0.3 is 14.0 Å². The third kappa shape index (κ3) is 5.56. The molecule has 4 aliphatic carbocycles. The van der Waals surface area contributed by atoms with Crippen LogP contribution in [0.4, 0.5) is 0 Å². The highest BCUT2D eigenvalue weighted by atomic mass is 79.9. The molecule has 0 unspecified atom stereocenters. The first-order valence-corrected chi connectivity index (χ1v) is 17.0. The summed E-state index contributed by atoms with van der Waals surface area (Å²) in [5.41, 5.74) is 0.377. The molecule has 6 nitrogen and oxygen atoms in total. The fourth-order valence-electron chi connectivity index (χ4n) is 11.7. The molecule has 0 aromatic heterocycles. The van der Waals surface area contributed by atoms with E-state index in [1.165, 1.54) is 90.1 Å². The quantitative estimate of drug-likeness (QED) is 0.259. The molecule has 0 amide bonds. The number of carbonyl (C=O) groups excluding carboxylic acids is 2. The van der Waals surface area contributed by atoms with E-state index in [0.29, 0.717) is 35.3 Å². The summed E-state index contributed by atoms with van der Waals surface area (Å²) in [6.07, 6.45) is 16.3. The van der Waals surface area contributed by atoms with Gasteiger partial charge in [0.15, 0.2) is 6.10 Å². The van der Waals surface area contributed by atoms with Crippen molar-refractivity contribution in [2.24, 2.45) is 34.5 Å². The maximum absolute atomic E-state index is 12.5. The standard InChI is InChI=1S/C34H57N2O4.BrH/c1-23(37)39-31-20-25-12-13-26-27(34(25,4)22-29(31)35-16-8-6-9-17-35)14-15-33(3)28(26)21-30(32(33)40-24(2)38)36(5)18-10-7-11-19-36;/h25-32H,6-22H2,1-5H3;1H/q+1;/t25-,26-,27-,28-,29+,30+,31-,32+,33+,34+;/m1./s1. The summed E-state index contributed by atoms with van der Waals surface area (Å²) in [4.78, 5) is 27.4. The third-order valence-electron chi connectivity index (χ3n) is 13.7. The first-order chi connectivity index (χ1) is 19.0. The summed E-state index contributed by atoms with van der Waals surface area (Å²) in [5.74, 6) is 2.50. The van der Waals surface area contributed by atoms with Gasteiger partial charge in [0.25, 0.3) is 0 Å². The number of hydrogen-bond donors (Lipinski definition) is 0. The Hall–Kier alpha value is -0.660. The molecule has 234 valence electrons. The Labute approximate surface area is 260 Å². The Morgan fingerprint density at radius 2 is 1.46 bits per heavy atom. The summed E-state index contributed by atoms with van der Waals surface area (Å²) >= 11 is 0. The van der Waals surface area contributed by atoms with E-state index < -0.39 is 0 Å². The molecule has 6 aliphatic rings. The molecular formula is C34H58BrN2O4+. The SMILES string of the molecule is Br.CC(=O)O[C@@H]1C[C@H]2CC[C@@H]3[C@@H](CC[C@@]4(C)[C@@H]3C[C@H]([N+]3(C)CCCCC3)[C@@H]4OC(C)=O)[C@@]2(C)C[C@@H]1N1CCCCC1. The predicted molar refractivity (Wildman–Crippen MR) is 167 cm³/mol. The van der Waals surface area contributed by atoms with Gasteiger partial charge in [0.1, 0.15) is 12.1 Å². The molecule has 0 radical (unpaired) electrons. The zero-order chi connectivity index (χ0) is 28.3. The van der Waals surface area contributed by atoms with E-state index >= 15 is 0 Å². The maximum Gasteiger partial charge on any atom is 0.303 e. The normalized spacial score (nSPS) is 45.8. The van der Waals surface area contributed by atoms with Crippen LogP contribution < -0.4 is 0 Å². The molecule has 6 rings (SSSR count). The zero-order valence-corrected chi connectivity index (χ0v) is 28.3. The predicted octanol–water partition coefficient (Wildman–Crippen LogP) is 6.54. The molecule has 7 heteroatoms. The topological polar surface area (TPSA) is 55.8 Å². The Bertz CT molecular complexity index is 964. The number of likely N-dealkylation sites (N-methyl/N-ethyl adjacent to an activating group) is 1. The number of rotatable bonds is 4. The van der Waals surface area contributed by atoms with Crippen molar-refractivity contribution in [1.29, 1.82) is 0 Å². The van der Waals surface area contributed by atoms with Crippen LogP contribution in [0.25, 0.3) is 0 Å². The number of halogens is 1. The van der Waals surface area contributed by atoms with Gasteiger partial charge in [-0.25, -0.2) is 0 Å². The van der Waals surface area contributed by atoms with Crippen molar-refractivity contribution in [3.05, 3.63) is 0 Å². The van der Waals surface area contributed by atoms with Gasteiger partial charge in [-0.1, -0.05) is 20.3 Å². The van der Waals surface area contributed by atoms with Crippen molar-refractivity contribution in [1.82, 2.24) is 4.90 Å². The summed E-state index contributed by atoms with van der Waals surface area (Å²) < 4.78 is 13.5. The summed E-state index contributed by atoms with van der Waals surface area (Å²) in [7, 11) is 2.47. The number of fused-ring (bicyclic) bond motifs is 5. The molecule has 2 saturated heterocycles. The van der Waals surface area contributed by atoms with Crippen LogP contribution in [0.15, 0.2) is 0 Å². The average Bonchev–Trinajstić information content (AvgIpc) is 3.21. The van der Waals surface area contributed by atoms with Gasteiger partial charge in [0.2, 0.25) is 0 Å². The number of piperidine rings is 2. The van der Waals surface area contributed by atoms with E-state index in [1.54, 1.807) is 13.8 Å². The number of ether oxygens (including phenoxy) is 2. The lowest BCUT2D eigenvalue weighted by molar-refractivity contribution is -0.940. The van der Waals surface area contributed by atoms with Gasteiger partial charge in [-0.3, -0.25) is 14.5 Å². The number of esters is 2. The molecule has 0 aromatic rings. The van der Waals surface area contributed by atoms with Crippen LogP contribution >= 0.6 is 17.0 Å². The molecule has 2 aliphatic heterocycles. The number of carbonyl (C=O) groups is 2. The van der Waals surface area contributed by atoms with Crippen molar-refractivity contribution in [2.75, 3.05) is 33.2 Å².